The van der Waals surface area contributed by atoms with Crippen molar-refractivity contribution >= 4 is 28.1 Å². The van der Waals surface area contributed by atoms with E-state index in [0.29, 0.717) is 17.3 Å². The molecule has 5 nitrogen and oxygen atoms in total. The molecule has 6 heteroatoms. The first-order valence-corrected chi connectivity index (χ1v) is 9.02. The monoisotopic (exact) mass is 342 g/mol. The fourth-order valence-corrected chi connectivity index (χ4v) is 3.67. The van der Waals surface area contributed by atoms with Crippen LogP contribution < -0.4 is 5.32 Å². The first-order valence-electron chi connectivity index (χ1n) is 8.21. The molecule has 0 fully saturated rings. The largest absolute Gasteiger partial charge is 0.346 e. The highest BCUT2D eigenvalue weighted by Gasteiger charge is 2.17. The Kier molecular flexibility index (Phi) is 4.66. The molecule has 0 aliphatic rings. The van der Waals surface area contributed by atoms with E-state index >= 15 is 0 Å². The second-order valence-electron chi connectivity index (χ2n) is 6.08. The average Bonchev–Trinajstić information content (AvgIpc) is 3.13. The van der Waals surface area contributed by atoms with Crippen LogP contribution in [0.5, 0.6) is 0 Å². The fraction of sp³-hybridized carbons (Fsp3) is 0.389. The van der Waals surface area contributed by atoms with Crippen LogP contribution in [0.25, 0.3) is 10.9 Å². The maximum absolute atomic E-state index is 12.5. The summed E-state index contributed by atoms with van der Waals surface area (Å²) in [5.41, 5.74) is 2.79. The zero-order valence-corrected chi connectivity index (χ0v) is 15.3. The molecular formula is C18H22N4OS. The molecule has 0 spiro atoms. The highest BCUT2D eigenvalue weighted by Crippen LogP contribution is 2.24. The van der Waals surface area contributed by atoms with E-state index in [9.17, 15) is 4.79 Å². The number of carbonyl (C=O) groups is 1. The summed E-state index contributed by atoms with van der Waals surface area (Å²) in [5, 5.41) is 9.70. The van der Waals surface area contributed by atoms with E-state index in [0.717, 1.165) is 33.8 Å². The molecule has 0 bridgehead atoms. The van der Waals surface area contributed by atoms with Crippen molar-refractivity contribution in [3.8, 4) is 0 Å². The Balaban J connectivity index is 1.80. The molecule has 3 rings (SSSR count). The number of hydrogen-bond acceptors (Lipinski definition) is 4. The third-order valence-corrected chi connectivity index (χ3v) is 5.42. The van der Waals surface area contributed by atoms with Crippen LogP contribution in [0.3, 0.4) is 0 Å². The SMILES string of the molecule is CCn1nc(CNC(=O)c2sc(C(C)C)nc2C)c2ccccc21. The lowest BCUT2D eigenvalue weighted by molar-refractivity contribution is 0.0954. The molecule has 1 N–H and O–H groups in total. The van der Waals surface area contributed by atoms with Crippen LogP contribution in [-0.2, 0) is 13.1 Å². The number of para-hydroxylation sites is 1. The Morgan fingerprint density at radius 2 is 2.08 bits per heavy atom. The van der Waals surface area contributed by atoms with Gasteiger partial charge in [0, 0.05) is 17.8 Å². The van der Waals surface area contributed by atoms with E-state index in [-0.39, 0.29) is 5.91 Å². The van der Waals surface area contributed by atoms with E-state index < -0.39 is 0 Å². The van der Waals surface area contributed by atoms with Gasteiger partial charge in [-0.2, -0.15) is 5.10 Å². The molecule has 0 radical (unpaired) electrons. The lowest BCUT2D eigenvalue weighted by Gasteiger charge is -2.02. The molecule has 0 aliphatic heterocycles. The Morgan fingerprint density at radius 3 is 2.75 bits per heavy atom. The molecule has 126 valence electrons. The van der Waals surface area contributed by atoms with Gasteiger partial charge in [-0.25, -0.2) is 4.98 Å². The Hall–Kier alpha value is -2.21. The van der Waals surface area contributed by atoms with Gasteiger partial charge in [-0.1, -0.05) is 32.0 Å². The zero-order chi connectivity index (χ0) is 17.3. The molecule has 1 amide bonds. The third kappa shape index (κ3) is 3.06. The number of aromatic nitrogens is 3. The van der Waals surface area contributed by atoms with Crippen molar-refractivity contribution in [3.63, 3.8) is 0 Å². The van der Waals surface area contributed by atoms with Gasteiger partial charge in [0.2, 0.25) is 0 Å². The van der Waals surface area contributed by atoms with Gasteiger partial charge in [0.1, 0.15) is 4.88 Å². The maximum Gasteiger partial charge on any atom is 0.263 e. The van der Waals surface area contributed by atoms with Crippen molar-refractivity contribution in [1.29, 1.82) is 0 Å². The van der Waals surface area contributed by atoms with E-state index in [2.05, 4.69) is 42.2 Å². The third-order valence-electron chi connectivity index (χ3n) is 3.96. The highest BCUT2D eigenvalue weighted by atomic mass is 32.1. The number of fused-ring (bicyclic) bond motifs is 1. The number of amides is 1. The molecule has 0 atom stereocenters. The number of benzene rings is 1. The summed E-state index contributed by atoms with van der Waals surface area (Å²) in [6.07, 6.45) is 0. The Morgan fingerprint density at radius 1 is 1.33 bits per heavy atom. The number of carbonyl (C=O) groups excluding carboxylic acids is 1. The summed E-state index contributed by atoms with van der Waals surface area (Å²) in [5.74, 6) is 0.256. The van der Waals surface area contributed by atoms with E-state index in [4.69, 9.17) is 0 Å². The molecule has 0 saturated carbocycles. The Labute approximate surface area is 145 Å². The van der Waals surface area contributed by atoms with Crippen molar-refractivity contribution in [1.82, 2.24) is 20.1 Å². The average molecular weight is 342 g/mol. The molecular weight excluding hydrogens is 320 g/mol. The summed E-state index contributed by atoms with van der Waals surface area (Å²) >= 11 is 1.48. The standard InChI is InChI=1S/C18H22N4OS/c1-5-22-15-9-7-6-8-13(15)14(21-22)10-19-17(23)16-12(4)20-18(24-16)11(2)3/h6-9,11H,5,10H2,1-4H3,(H,19,23). The van der Waals surface area contributed by atoms with E-state index in [1.165, 1.54) is 11.3 Å². The van der Waals surface area contributed by atoms with Crippen LogP contribution in [-0.4, -0.2) is 20.7 Å². The first-order chi connectivity index (χ1) is 11.5. The highest BCUT2D eigenvalue weighted by molar-refractivity contribution is 7.13. The lowest BCUT2D eigenvalue weighted by Crippen LogP contribution is -2.23. The topological polar surface area (TPSA) is 59.8 Å². The van der Waals surface area contributed by atoms with Crippen molar-refractivity contribution in [2.45, 2.75) is 46.7 Å². The van der Waals surface area contributed by atoms with Crippen LogP contribution in [0.2, 0.25) is 0 Å². The summed E-state index contributed by atoms with van der Waals surface area (Å²) in [6.45, 7) is 9.35. The van der Waals surface area contributed by atoms with Crippen LogP contribution in [0.15, 0.2) is 24.3 Å². The molecule has 0 aliphatic carbocycles. The number of hydrogen-bond donors (Lipinski definition) is 1. The van der Waals surface area contributed by atoms with Gasteiger partial charge in [0.25, 0.3) is 5.91 Å². The lowest BCUT2D eigenvalue weighted by atomic mass is 10.2. The second-order valence-corrected chi connectivity index (χ2v) is 7.11. The number of nitrogens with zero attached hydrogens (tertiary/aromatic N) is 3. The van der Waals surface area contributed by atoms with E-state index in [1.807, 2.05) is 29.8 Å². The second kappa shape index (κ2) is 6.73. The van der Waals surface area contributed by atoms with Crippen molar-refractivity contribution in [2.24, 2.45) is 0 Å². The van der Waals surface area contributed by atoms with Crippen LogP contribution >= 0.6 is 11.3 Å². The quantitative estimate of drug-likeness (QED) is 0.765. The van der Waals surface area contributed by atoms with Gasteiger partial charge >= 0.3 is 0 Å². The first kappa shape index (κ1) is 16.6. The van der Waals surface area contributed by atoms with Crippen LogP contribution in [0, 0.1) is 6.92 Å². The normalized spacial score (nSPS) is 11.4. The van der Waals surface area contributed by atoms with Crippen LogP contribution in [0.1, 0.15) is 52.8 Å². The number of nitrogens with one attached hydrogen (secondary N) is 1. The summed E-state index contributed by atoms with van der Waals surface area (Å²) in [7, 11) is 0. The molecule has 0 unspecified atom stereocenters. The summed E-state index contributed by atoms with van der Waals surface area (Å²) < 4.78 is 1.96. The minimum absolute atomic E-state index is 0.0768. The summed E-state index contributed by atoms with van der Waals surface area (Å²) in [6, 6.07) is 8.11. The zero-order valence-electron chi connectivity index (χ0n) is 14.5. The minimum atomic E-state index is -0.0768. The van der Waals surface area contributed by atoms with Gasteiger partial charge in [0.15, 0.2) is 0 Å². The maximum atomic E-state index is 12.5. The molecule has 3 aromatic rings. The Bertz CT molecular complexity index is 878. The van der Waals surface area contributed by atoms with Gasteiger partial charge in [0.05, 0.1) is 28.5 Å². The predicted molar refractivity (Wildman–Crippen MR) is 97.5 cm³/mol. The molecule has 2 heterocycles. The smallest absolute Gasteiger partial charge is 0.263 e. The molecule has 2 aromatic heterocycles. The molecule has 24 heavy (non-hydrogen) atoms. The van der Waals surface area contributed by atoms with Gasteiger partial charge in [-0.05, 0) is 19.9 Å². The van der Waals surface area contributed by atoms with Gasteiger partial charge in [-0.15, -0.1) is 11.3 Å². The van der Waals surface area contributed by atoms with Crippen molar-refractivity contribution < 1.29 is 4.79 Å². The number of aryl methyl sites for hydroxylation is 2. The van der Waals surface area contributed by atoms with E-state index in [1.54, 1.807) is 0 Å². The predicted octanol–water partition coefficient (Wildman–Crippen LogP) is 3.87. The summed E-state index contributed by atoms with van der Waals surface area (Å²) in [4.78, 5) is 17.7. The van der Waals surface area contributed by atoms with Crippen molar-refractivity contribution in [3.05, 3.63) is 45.5 Å². The van der Waals surface area contributed by atoms with Crippen molar-refractivity contribution in [2.75, 3.05) is 0 Å². The molecule has 1 aromatic carbocycles. The number of rotatable bonds is 5. The fourth-order valence-electron chi connectivity index (χ4n) is 2.69. The molecule has 0 saturated heterocycles. The van der Waals surface area contributed by atoms with Gasteiger partial charge < -0.3 is 5.32 Å². The minimum Gasteiger partial charge on any atom is -0.346 e. The van der Waals surface area contributed by atoms with Gasteiger partial charge in [-0.3, -0.25) is 9.48 Å². The number of thiazole rings is 1. The van der Waals surface area contributed by atoms with Crippen LogP contribution in [0.4, 0.5) is 0 Å².